The summed E-state index contributed by atoms with van der Waals surface area (Å²) in [6.07, 6.45) is 19.0. The van der Waals surface area contributed by atoms with E-state index in [0.29, 0.717) is 11.8 Å². The van der Waals surface area contributed by atoms with Crippen LogP contribution in [0, 0.1) is 24.7 Å². The number of allylic oxidation sites excluding steroid dienone is 6. The van der Waals surface area contributed by atoms with E-state index in [1.165, 1.54) is 77.5 Å². The maximum Gasteiger partial charge on any atom is -0.00595 e. The highest BCUT2D eigenvalue weighted by Crippen LogP contribution is 2.39. The summed E-state index contributed by atoms with van der Waals surface area (Å²) in [5, 5.41) is 0. The molecule has 2 aliphatic rings. The highest BCUT2D eigenvalue weighted by atomic mass is 14.5. The minimum Gasteiger partial charge on any atom is -0.405 e. The van der Waals surface area contributed by atoms with Gasteiger partial charge in [0.2, 0.25) is 0 Å². The van der Waals surface area contributed by atoms with E-state index >= 15 is 0 Å². The van der Waals surface area contributed by atoms with Crippen LogP contribution >= 0.6 is 0 Å². The molecule has 1 aromatic carbocycles. The quantitative estimate of drug-likeness (QED) is 0.307. The predicted octanol–water partition coefficient (Wildman–Crippen LogP) is 8.69. The minimum absolute atomic E-state index is 0.608. The van der Waals surface area contributed by atoms with Crippen molar-refractivity contribution in [3.05, 3.63) is 76.5 Å². The molecule has 1 heteroatoms. The Hall–Kier alpha value is -2.02. The first-order valence-electron chi connectivity index (χ1n) is 12.9. The maximum atomic E-state index is 5.84. The molecule has 0 saturated heterocycles. The van der Waals surface area contributed by atoms with Crippen molar-refractivity contribution in [2.45, 2.75) is 91.9 Å². The number of hydrogen-bond acceptors (Lipinski definition) is 1. The Kier molecular flexibility index (Phi) is 9.02. The third-order valence-electron chi connectivity index (χ3n) is 8.04. The first-order chi connectivity index (χ1) is 15.4. The van der Waals surface area contributed by atoms with Crippen LogP contribution < -0.4 is 5.73 Å². The normalized spacial score (nSPS) is 24.7. The van der Waals surface area contributed by atoms with Crippen molar-refractivity contribution in [3.8, 4) is 0 Å². The van der Waals surface area contributed by atoms with E-state index in [0.717, 1.165) is 31.6 Å². The van der Waals surface area contributed by atoms with Gasteiger partial charge in [0.25, 0.3) is 0 Å². The third-order valence-corrected chi connectivity index (χ3v) is 8.04. The van der Waals surface area contributed by atoms with E-state index in [-0.39, 0.29) is 0 Å². The maximum absolute atomic E-state index is 5.84. The molecular formula is C31H45N. The van der Waals surface area contributed by atoms with Crippen LogP contribution in [0.1, 0.15) is 95.2 Å². The van der Waals surface area contributed by atoms with E-state index in [1.807, 2.05) is 0 Å². The van der Waals surface area contributed by atoms with Gasteiger partial charge in [0.15, 0.2) is 0 Å². The van der Waals surface area contributed by atoms with Crippen LogP contribution in [0.2, 0.25) is 0 Å². The topological polar surface area (TPSA) is 26.0 Å². The Balaban J connectivity index is 1.52. The molecule has 3 rings (SSSR count). The Morgan fingerprint density at radius 3 is 2.75 bits per heavy atom. The van der Waals surface area contributed by atoms with Crippen molar-refractivity contribution in [1.29, 1.82) is 0 Å². The summed E-state index contributed by atoms with van der Waals surface area (Å²) < 4.78 is 0. The fourth-order valence-electron chi connectivity index (χ4n) is 5.89. The number of hydrogen-bond donors (Lipinski definition) is 1. The van der Waals surface area contributed by atoms with Gasteiger partial charge in [0.05, 0.1) is 0 Å². The zero-order valence-corrected chi connectivity index (χ0v) is 21.1. The van der Waals surface area contributed by atoms with Crippen LogP contribution in [0.3, 0.4) is 0 Å². The average molecular weight is 432 g/mol. The first kappa shape index (κ1) is 24.6. The monoisotopic (exact) mass is 431 g/mol. The first-order valence-corrected chi connectivity index (χ1v) is 12.9. The molecule has 0 amide bonds. The molecule has 0 aromatic heterocycles. The molecule has 0 radical (unpaired) electrons. The van der Waals surface area contributed by atoms with Gasteiger partial charge in [-0.3, -0.25) is 0 Å². The number of benzene rings is 1. The van der Waals surface area contributed by atoms with Crippen LogP contribution in [0.5, 0.6) is 0 Å². The summed E-state index contributed by atoms with van der Waals surface area (Å²) in [4.78, 5) is 0. The smallest absolute Gasteiger partial charge is 0.00595 e. The Morgan fingerprint density at radius 2 is 2.00 bits per heavy atom. The van der Waals surface area contributed by atoms with Crippen molar-refractivity contribution < 1.29 is 0 Å². The van der Waals surface area contributed by atoms with E-state index in [1.54, 1.807) is 6.20 Å². The summed E-state index contributed by atoms with van der Waals surface area (Å²) in [5.74, 6) is 2.21. The van der Waals surface area contributed by atoms with Crippen LogP contribution in [-0.4, -0.2) is 0 Å². The van der Waals surface area contributed by atoms with Crippen LogP contribution in [0.15, 0.2) is 59.8 Å². The fraction of sp³-hybridized carbons (Fsp3) is 0.548. The van der Waals surface area contributed by atoms with Crippen LogP contribution in [0.4, 0.5) is 0 Å². The summed E-state index contributed by atoms with van der Waals surface area (Å²) in [6, 6.07) is 6.85. The van der Waals surface area contributed by atoms with Gasteiger partial charge in [-0.1, -0.05) is 73.7 Å². The molecule has 2 N–H and O–H groups in total. The molecule has 1 aromatic rings. The lowest BCUT2D eigenvalue weighted by molar-refractivity contribution is 0.290. The zero-order chi connectivity index (χ0) is 23.1. The standard InChI is InChI=1S/C31H45N/c1-6-26-10-8-12-28(20-26)30(17-18-32)24(4)15-13-22(2)9-7-11-27-21-29-16-14-23(3)19-31(29)25(27)5/h9,14,16-19,26-28H,5-8,10-13,15,20-21,32H2,1-4H3/b18-17-,22-9+,30-24-/t26-,27?,28?/m0/s1. The second-order valence-corrected chi connectivity index (χ2v) is 10.4. The molecule has 0 aliphatic heterocycles. The number of aryl methyl sites for hydroxylation is 1. The third kappa shape index (κ3) is 6.27. The van der Waals surface area contributed by atoms with Crippen molar-refractivity contribution in [1.82, 2.24) is 0 Å². The van der Waals surface area contributed by atoms with E-state index in [2.05, 4.69) is 64.6 Å². The average Bonchev–Trinajstić information content (AvgIpc) is 3.10. The molecule has 1 nitrogen and oxygen atoms in total. The molecular weight excluding hydrogens is 386 g/mol. The lowest BCUT2D eigenvalue weighted by atomic mass is 9.75. The number of nitrogens with two attached hydrogens (primary N) is 1. The van der Waals surface area contributed by atoms with Crippen molar-refractivity contribution in [3.63, 3.8) is 0 Å². The van der Waals surface area contributed by atoms with Gasteiger partial charge in [-0.25, -0.2) is 0 Å². The predicted molar refractivity (Wildman–Crippen MR) is 141 cm³/mol. The van der Waals surface area contributed by atoms with Gasteiger partial charge in [-0.15, -0.1) is 0 Å². The second-order valence-electron chi connectivity index (χ2n) is 10.4. The van der Waals surface area contributed by atoms with E-state index < -0.39 is 0 Å². The summed E-state index contributed by atoms with van der Waals surface area (Å²) in [5.41, 5.74) is 16.0. The summed E-state index contributed by atoms with van der Waals surface area (Å²) in [7, 11) is 0. The van der Waals surface area contributed by atoms with Crippen molar-refractivity contribution in [2.75, 3.05) is 0 Å². The van der Waals surface area contributed by atoms with Gasteiger partial charge in [-0.05, 0) is 118 Å². The van der Waals surface area contributed by atoms with Crippen molar-refractivity contribution >= 4 is 5.57 Å². The molecule has 1 saturated carbocycles. The lowest BCUT2D eigenvalue weighted by Gasteiger charge is -2.30. The fourth-order valence-corrected chi connectivity index (χ4v) is 5.89. The van der Waals surface area contributed by atoms with Gasteiger partial charge in [0, 0.05) is 0 Å². The van der Waals surface area contributed by atoms with Crippen LogP contribution in [-0.2, 0) is 6.42 Å². The molecule has 174 valence electrons. The molecule has 32 heavy (non-hydrogen) atoms. The van der Waals surface area contributed by atoms with E-state index in [9.17, 15) is 0 Å². The Morgan fingerprint density at radius 1 is 1.19 bits per heavy atom. The minimum atomic E-state index is 0.608. The largest absolute Gasteiger partial charge is 0.405 e. The van der Waals surface area contributed by atoms with Crippen molar-refractivity contribution in [2.24, 2.45) is 23.5 Å². The molecule has 3 atom stereocenters. The highest BCUT2D eigenvalue weighted by Gasteiger charge is 2.25. The van der Waals surface area contributed by atoms with Crippen LogP contribution in [0.25, 0.3) is 5.57 Å². The molecule has 0 heterocycles. The second kappa shape index (κ2) is 11.7. The lowest BCUT2D eigenvalue weighted by Crippen LogP contribution is -2.17. The molecule has 2 unspecified atom stereocenters. The number of rotatable bonds is 9. The summed E-state index contributed by atoms with van der Waals surface area (Å²) >= 11 is 0. The highest BCUT2D eigenvalue weighted by molar-refractivity contribution is 5.73. The molecule has 1 fully saturated rings. The summed E-state index contributed by atoms with van der Waals surface area (Å²) in [6.45, 7) is 13.6. The zero-order valence-electron chi connectivity index (χ0n) is 21.1. The van der Waals surface area contributed by atoms with Gasteiger partial charge >= 0.3 is 0 Å². The van der Waals surface area contributed by atoms with E-state index in [4.69, 9.17) is 5.73 Å². The Bertz CT molecular complexity index is 882. The SMILES string of the molecule is C=C1c2cc(C)ccc2CC1CC/C=C(\C)CC/C(C)=C(/C=C\N)C1CCC[C@H](CC)C1. The number of fused-ring (bicyclic) bond motifs is 1. The van der Waals surface area contributed by atoms with Gasteiger partial charge in [-0.2, -0.15) is 0 Å². The molecule has 0 spiro atoms. The molecule has 2 aliphatic carbocycles. The van der Waals surface area contributed by atoms with Gasteiger partial charge < -0.3 is 5.73 Å². The van der Waals surface area contributed by atoms with Gasteiger partial charge in [0.1, 0.15) is 0 Å². The Labute approximate surface area is 197 Å². The molecule has 0 bridgehead atoms.